The topological polar surface area (TPSA) is 72.6 Å². The molecule has 0 spiro atoms. The molecule has 0 aliphatic carbocycles. The zero-order valence-electron chi connectivity index (χ0n) is 15.0. The molecule has 2 fully saturated rings. The van der Waals surface area contributed by atoms with Crippen LogP contribution in [0.5, 0.6) is 0 Å². The molecule has 28 heavy (non-hydrogen) atoms. The third-order valence-corrected chi connectivity index (χ3v) is 6.90. The van der Waals surface area contributed by atoms with E-state index < -0.39 is 16.9 Å². The van der Waals surface area contributed by atoms with Crippen LogP contribution in [0.15, 0.2) is 59.0 Å². The molecule has 2 saturated heterocycles. The molecule has 5 rings (SSSR count). The summed E-state index contributed by atoms with van der Waals surface area (Å²) in [5, 5.41) is 0. The zero-order valence-corrected chi connectivity index (χ0v) is 15.9. The summed E-state index contributed by atoms with van der Waals surface area (Å²) >= 11 is 1.64. The van der Waals surface area contributed by atoms with Gasteiger partial charge in [-0.05, 0) is 24.1 Å². The van der Waals surface area contributed by atoms with Gasteiger partial charge in [0.25, 0.3) is 0 Å². The number of amides is 1. The molecule has 6 nitrogen and oxygen atoms in total. The number of oxazole rings is 1. The van der Waals surface area contributed by atoms with Crippen LogP contribution < -0.4 is 0 Å². The van der Waals surface area contributed by atoms with Gasteiger partial charge < -0.3 is 14.1 Å². The number of carbonyl (C=O) groups excluding carboxylic acids is 2. The molecule has 1 aromatic heterocycles. The molecular formula is C21H18N2O4S. The molecule has 3 aromatic rings. The summed E-state index contributed by atoms with van der Waals surface area (Å²) in [4.78, 5) is 31.0. The Hall–Kier alpha value is -2.80. The van der Waals surface area contributed by atoms with E-state index in [1.54, 1.807) is 16.7 Å². The van der Waals surface area contributed by atoms with Gasteiger partial charge in [0.2, 0.25) is 11.8 Å². The largest absolute Gasteiger partial charge is 0.454 e. The summed E-state index contributed by atoms with van der Waals surface area (Å²) in [5.41, 5.74) is 2.44. The second-order valence-corrected chi connectivity index (χ2v) is 8.22. The molecule has 2 aromatic carbocycles. The summed E-state index contributed by atoms with van der Waals surface area (Å²) in [6, 6.07) is 16.7. The number of thioether (sulfide) groups is 1. The lowest BCUT2D eigenvalue weighted by molar-refractivity contribution is -0.155. The fraction of sp³-hybridized carbons (Fsp3) is 0.286. The Labute approximate surface area is 165 Å². The molecule has 142 valence electrons. The van der Waals surface area contributed by atoms with Gasteiger partial charge in [0.05, 0.1) is 0 Å². The highest BCUT2D eigenvalue weighted by Gasteiger charge is 2.57. The predicted octanol–water partition coefficient (Wildman–Crippen LogP) is 3.46. The minimum atomic E-state index is -0.593. The molecule has 1 amide bonds. The van der Waals surface area contributed by atoms with Gasteiger partial charge in [0.1, 0.15) is 16.4 Å². The molecule has 0 radical (unpaired) electrons. The summed E-state index contributed by atoms with van der Waals surface area (Å²) in [5.74, 6) is 0.454. The minimum Gasteiger partial charge on any atom is -0.454 e. The maximum atomic E-state index is 12.8. The number of hydrogen-bond acceptors (Lipinski definition) is 6. The van der Waals surface area contributed by atoms with E-state index in [1.165, 1.54) is 0 Å². The van der Waals surface area contributed by atoms with Crippen molar-refractivity contribution in [2.45, 2.75) is 30.4 Å². The number of benzene rings is 2. The van der Waals surface area contributed by atoms with Crippen molar-refractivity contribution in [3.05, 3.63) is 66.1 Å². The van der Waals surface area contributed by atoms with E-state index in [0.29, 0.717) is 30.1 Å². The molecule has 0 saturated carbocycles. The van der Waals surface area contributed by atoms with Crippen molar-refractivity contribution in [1.29, 1.82) is 0 Å². The van der Waals surface area contributed by atoms with Crippen LogP contribution in [0, 0.1) is 0 Å². The maximum absolute atomic E-state index is 12.8. The van der Waals surface area contributed by atoms with E-state index in [1.807, 2.05) is 54.6 Å². The highest BCUT2D eigenvalue weighted by molar-refractivity contribution is 8.00. The smallest absolute Gasteiger partial charge is 0.330 e. The number of carbonyl (C=O) groups is 2. The van der Waals surface area contributed by atoms with Crippen molar-refractivity contribution in [2.75, 3.05) is 5.75 Å². The molecular weight excluding hydrogens is 376 g/mol. The first-order valence-electron chi connectivity index (χ1n) is 9.20. The van der Waals surface area contributed by atoms with Gasteiger partial charge in [0, 0.05) is 12.2 Å². The Morgan fingerprint density at radius 1 is 1.21 bits per heavy atom. The van der Waals surface area contributed by atoms with E-state index in [0.717, 1.165) is 11.1 Å². The number of esters is 1. The summed E-state index contributed by atoms with van der Waals surface area (Å²) in [6.45, 7) is -0.0466. The molecule has 7 heteroatoms. The lowest BCUT2D eigenvalue weighted by Gasteiger charge is -2.33. The first kappa shape index (κ1) is 17.3. The third kappa shape index (κ3) is 2.69. The summed E-state index contributed by atoms with van der Waals surface area (Å²) < 4.78 is 11.1. The van der Waals surface area contributed by atoms with Gasteiger partial charge in [-0.3, -0.25) is 4.79 Å². The number of fused-ring (bicyclic) bond motifs is 2. The molecule has 2 aliphatic rings. The van der Waals surface area contributed by atoms with Crippen LogP contribution in [0.25, 0.3) is 11.1 Å². The van der Waals surface area contributed by atoms with Gasteiger partial charge in [-0.25, -0.2) is 9.78 Å². The van der Waals surface area contributed by atoms with Crippen LogP contribution in [0.1, 0.15) is 24.3 Å². The standard InChI is InChI=1S/C21H18N2O4S/c24-19-10-11-21(14-6-2-1-3-7-14)23(19)16(13-28-21)20(25)26-12-18-22-15-8-4-5-9-17(15)27-18/h1-9,16H,10-13H2/t16-,21-/m0/s1. The van der Waals surface area contributed by atoms with E-state index in [-0.39, 0.29) is 12.5 Å². The molecule has 2 aliphatic heterocycles. The van der Waals surface area contributed by atoms with Gasteiger partial charge >= 0.3 is 5.97 Å². The number of para-hydroxylation sites is 2. The molecule has 3 heterocycles. The summed E-state index contributed by atoms with van der Waals surface area (Å²) in [6.07, 6.45) is 1.15. The molecule has 0 unspecified atom stereocenters. The van der Waals surface area contributed by atoms with Crippen molar-refractivity contribution in [1.82, 2.24) is 9.88 Å². The monoisotopic (exact) mass is 394 g/mol. The quantitative estimate of drug-likeness (QED) is 0.631. The van der Waals surface area contributed by atoms with Crippen molar-refractivity contribution in [3.63, 3.8) is 0 Å². The predicted molar refractivity (Wildman–Crippen MR) is 104 cm³/mol. The van der Waals surface area contributed by atoms with Crippen molar-refractivity contribution >= 4 is 34.7 Å². The summed E-state index contributed by atoms with van der Waals surface area (Å²) in [7, 11) is 0. The van der Waals surface area contributed by atoms with Crippen LogP contribution in [-0.2, 0) is 25.8 Å². The van der Waals surface area contributed by atoms with Crippen LogP contribution in [0.2, 0.25) is 0 Å². The van der Waals surface area contributed by atoms with Gasteiger partial charge in [-0.1, -0.05) is 42.5 Å². The Morgan fingerprint density at radius 3 is 2.82 bits per heavy atom. The fourth-order valence-electron chi connectivity index (χ4n) is 4.03. The van der Waals surface area contributed by atoms with Crippen molar-refractivity contribution in [3.8, 4) is 0 Å². The number of nitrogens with zero attached hydrogens (tertiary/aromatic N) is 2. The average molecular weight is 394 g/mol. The number of rotatable bonds is 4. The first-order chi connectivity index (χ1) is 13.7. The van der Waals surface area contributed by atoms with Crippen molar-refractivity contribution < 1.29 is 18.7 Å². The van der Waals surface area contributed by atoms with Gasteiger partial charge in [0.15, 0.2) is 12.2 Å². The second-order valence-electron chi connectivity index (χ2n) is 6.92. The zero-order chi connectivity index (χ0) is 19.1. The first-order valence-corrected chi connectivity index (χ1v) is 10.2. The highest BCUT2D eigenvalue weighted by atomic mass is 32.2. The fourth-order valence-corrected chi connectivity index (χ4v) is 5.66. The Balaban J connectivity index is 1.34. The highest BCUT2D eigenvalue weighted by Crippen LogP contribution is 2.54. The third-order valence-electron chi connectivity index (χ3n) is 5.30. The number of aromatic nitrogens is 1. The Bertz CT molecular complexity index is 1020. The molecule has 0 bridgehead atoms. The SMILES string of the molecule is O=C(OCc1nc2ccccc2o1)[C@@H]1CS[C@]2(c3ccccc3)CCC(=O)N12. The minimum absolute atomic E-state index is 0.00216. The van der Waals surface area contributed by atoms with Crippen LogP contribution in [-0.4, -0.2) is 33.6 Å². The van der Waals surface area contributed by atoms with Crippen LogP contribution in [0.3, 0.4) is 0 Å². The lowest BCUT2D eigenvalue weighted by atomic mass is 10.0. The Morgan fingerprint density at radius 2 is 2.00 bits per heavy atom. The van der Waals surface area contributed by atoms with Crippen molar-refractivity contribution in [2.24, 2.45) is 0 Å². The maximum Gasteiger partial charge on any atom is 0.330 e. The van der Waals surface area contributed by atoms with Crippen LogP contribution in [0.4, 0.5) is 0 Å². The van der Waals surface area contributed by atoms with Gasteiger partial charge in [-0.2, -0.15) is 0 Å². The normalized spacial score (nSPS) is 23.9. The Kier molecular flexibility index (Phi) is 4.12. The number of ether oxygens (including phenoxy) is 1. The van der Waals surface area contributed by atoms with E-state index in [9.17, 15) is 9.59 Å². The average Bonchev–Trinajstić information content (AvgIpc) is 3.40. The van der Waals surface area contributed by atoms with E-state index in [2.05, 4.69) is 4.98 Å². The second kappa shape index (κ2) is 6.67. The van der Waals surface area contributed by atoms with E-state index >= 15 is 0 Å². The van der Waals surface area contributed by atoms with Crippen LogP contribution >= 0.6 is 11.8 Å². The van der Waals surface area contributed by atoms with E-state index in [4.69, 9.17) is 9.15 Å². The van der Waals surface area contributed by atoms with Gasteiger partial charge in [-0.15, -0.1) is 11.8 Å². The number of hydrogen-bond donors (Lipinski definition) is 0. The molecule has 0 N–H and O–H groups in total. The molecule has 2 atom stereocenters. The lowest BCUT2D eigenvalue weighted by Crippen LogP contribution is -2.46.